The molecule has 0 spiro atoms. The maximum Gasteiger partial charge on any atom is 0.326 e. The molecule has 4 aromatic carbocycles. The molecule has 0 bridgehead atoms. The van der Waals surface area contributed by atoms with Crippen LogP contribution >= 0.6 is 11.8 Å². The maximum absolute atomic E-state index is 14.9. The van der Waals surface area contributed by atoms with E-state index in [4.69, 9.17) is 5.73 Å². The molecule has 29 nitrogen and oxygen atoms in total. The fourth-order valence-electron chi connectivity index (χ4n) is 9.82. The number of nitrogens with zero attached hydrogens (tertiary/aromatic N) is 1. The van der Waals surface area contributed by atoms with Crippen molar-refractivity contribution in [3.05, 3.63) is 150 Å². The monoisotopic (exact) mass is 1310 g/mol. The van der Waals surface area contributed by atoms with Gasteiger partial charge in [0.1, 0.15) is 65.9 Å². The molecule has 12 atom stereocenters. The Morgan fingerprint density at radius 1 is 0.484 bits per heavy atom. The number of phenolic OH excluding ortho intramolecular Hbond substituents is 2. The average molecular weight is 1310 g/mol. The molecule has 19 N–H and O–H groups in total. The van der Waals surface area contributed by atoms with Crippen LogP contribution in [0, 0.1) is 0 Å². The molecule has 6 aromatic rings. The first-order chi connectivity index (χ1) is 44.3. The summed E-state index contributed by atoms with van der Waals surface area (Å²) in [5.41, 5.74) is 8.47. The van der Waals surface area contributed by atoms with Gasteiger partial charge in [0.2, 0.25) is 53.2 Å². The summed E-state index contributed by atoms with van der Waals surface area (Å²) < 4.78 is 0. The van der Waals surface area contributed by atoms with Crippen molar-refractivity contribution in [2.45, 2.75) is 132 Å². The first-order valence-electron chi connectivity index (χ1n) is 29.6. The summed E-state index contributed by atoms with van der Waals surface area (Å²) in [7, 11) is 0. The Morgan fingerprint density at radius 2 is 0.892 bits per heavy atom. The van der Waals surface area contributed by atoms with E-state index < -0.39 is 138 Å². The number of aromatic nitrogens is 3. The van der Waals surface area contributed by atoms with Crippen LogP contribution in [0.2, 0.25) is 0 Å². The number of carbonyl (C=O) groups excluding carboxylic acids is 9. The van der Waals surface area contributed by atoms with Crippen LogP contribution in [0.3, 0.4) is 0 Å². The fourth-order valence-corrected chi connectivity index (χ4v) is 10.3. The number of aliphatic hydroxyl groups excluding tert-OH is 3. The molecule has 30 heteroatoms. The minimum atomic E-state index is -1.95. The van der Waals surface area contributed by atoms with Crippen molar-refractivity contribution in [1.82, 2.24) is 62.8 Å². The fraction of sp³-hybridized carbons (Fsp3) is 0.381. The van der Waals surface area contributed by atoms with Crippen LogP contribution < -0.4 is 53.6 Å². The molecule has 0 aliphatic heterocycles. The van der Waals surface area contributed by atoms with Crippen molar-refractivity contribution in [1.29, 1.82) is 0 Å². The molecule has 0 saturated heterocycles. The second-order valence-electron chi connectivity index (χ2n) is 22.2. The molecule has 0 saturated carbocycles. The van der Waals surface area contributed by atoms with Crippen molar-refractivity contribution in [2.24, 2.45) is 5.73 Å². The van der Waals surface area contributed by atoms with Crippen LogP contribution in [0.4, 0.5) is 0 Å². The van der Waals surface area contributed by atoms with E-state index in [-0.39, 0.29) is 50.0 Å². The number of aromatic hydroxyl groups is 2. The Balaban J connectivity index is 1.24. The SMILES string of the molecule is CSCC[C@H](NC(=O)[C@H](Cc1c[nH]c2ccccc12)NC(=O)[C@H](Cc1ccc(O)cc1)NC(=O)[C@@H](NC(=O)[C@@H](NC(=O)[C@H](Cc1ccccc1)NC(=O)[C@@H](NC(=O)[C@H](Cc1ccc(O)cc1)NC(=O)CN)[C@@H](C)O)[C@@H](C)O)[C@@H](C)O)C(=O)N[C@@H](Cc1cnc[nH]1)C(=O)O. The van der Waals surface area contributed by atoms with Crippen LogP contribution in [0.5, 0.6) is 11.5 Å². The number of phenols is 2. The highest BCUT2D eigenvalue weighted by Gasteiger charge is 2.39. The third kappa shape index (κ3) is 21.9. The van der Waals surface area contributed by atoms with Crippen LogP contribution in [0.1, 0.15) is 55.1 Å². The van der Waals surface area contributed by atoms with E-state index in [1.807, 2.05) is 0 Å². The van der Waals surface area contributed by atoms with Crippen molar-refractivity contribution < 1.29 is 78.6 Å². The number of para-hydroxylation sites is 1. The van der Waals surface area contributed by atoms with Crippen LogP contribution in [0.25, 0.3) is 10.9 Å². The van der Waals surface area contributed by atoms with Gasteiger partial charge in [0.15, 0.2) is 0 Å². The number of nitrogens with one attached hydrogen (secondary N) is 11. The number of H-pyrrole nitrogens is 2. The Labute approximate surface area is 538 Å². The lowest BCUT2D eigenvalue weighted by Crippen LogP contribution is -2.64. The van der Waals surface area contributed by atoms with Crippen molar-refractivity contribution in [3.63, 3.8) is 0 Å². The van der Waals surface area contributed by atoms with Gasteiger partial charge < -0.3 is 94.2 Å². The van der Waals surface area contributed by atoms with Gasteiger partial charge in [0, 0.05) is 61.1 Å². The molecule has 93 heavy (non-hydrogen) atoms. The molecular weight excluding hydrogens is 1230 g/mol. The molecule has 2 aromatic heterocycles. The van der Waals surface area contributed by atoms with E-state index in [1.165, 1.54) is 79.7 Å². The number of aliphatic carboxylic acids is 1. The minimum absolute atomic E-state index is 0.0243. The number of imidazole rings is 1. The smallest absolute Gasteiger partial charge is 0.326 e. The molecule has 6 rings (SSSR count). The van der Waals surface area contributed by atoms with Gasteiger partial charge in [0.25, 0.3) is 0 Å². The van der Waals surface area contributed by atoms with Gasteiger partial charge in [-0.3, -0.25) is 43.2 Å². The Bertz CT molecular complexity index is 3500. The third-order valence-corrected chi connectivity index (χ3v) is 15.5. The highest BCUT2D eigenvalue weighted by atomic mass is 32.2. The number of carboxylic acid groups (broad SMARTS) is 1. The molecular formula is C63H79N13O16S. The van der Waals surface area contributed by atoms with Crippen LogP contribution in [-0.4, -0.2) is 196 Å². The molecule has 2 heterocycles. The van der Waals surface area contributed by atoms with Gasteiger partial charge in [0.05, 0.1) is 31.2 Å². The van der Waals surface area contributed by atoms with E-state index in [9.17, 15) is 78.6 Å². The van der Waals surface area contributed by atoms with Crippen molar-refractivity contribution in [2.75, 3.05) is 18.6 Å². The highest BCUT2D eigenvalue weighted by molar-refractivity contribution is 7.98. The van der Waals surface area contributed by atoms with E-state index in [0.717, 1.165) is 13.8 Å². The minimum Gasteiger partial charge on any atom is -0.508 e. The molecule has 9 amide bonds. The summed E-state index contributed by atoms with van der Waals surface area (Å²) in [6, 6.07) is 12.0. The number of hydrogen-bond acceptors (Lipinski definition) is 18. The number of hydrogen-bond donors (Lipinski definition) is 18. The second kappa shape index (κ2) is 35.1. The Kier molecular flexibility index (Phi) is 27.2. The number of carbonyl (C=O) groups is 10. The number of benzene rings is 4. The molecule has 0 unspecified atom stereocenters. The van der Waals surface area contributed by atoms with Gasteiger partial charge in [-0.25, -0.2) is 9.78 Å². The molecule has 0 aliphatic rings. The number of carboxylic acids is 1. The quantitative estimate of drug-likeness (QED) is 0.0207. The summed E-state index contributed by atoms with van der Waals surface area (Å²) in [6.07, 6.45) is -0.108. The molecule has 0 fully saturated rings. The largest absolute Gasteiger partial charge is 0.508 e. The van der Waals surface area contributed by atoms with Gasteiger partial charge >= 0.3 is 5.97 Å². The van der Waals surface area contributed by atoms with Gasteiger partial charge in [-0.1, -0.05) is 72.8 Å². The normalized spacial score (nSPS) is 15.1. The zero-order chi connectivity index (χ0) is 67.9. The number of nitrogens with two attached hydrogens (primary N) is 1. The summed E-state index contributed by atoms with van der Waals surface area (Å²) in [4.78, 5) is 149. The summed E-state index contributed by atoms with van der Waals surface area (Å²) in [5.74, 6) is -10.3. The van der Waals surface area contributed by atoms with Crippen molar-refractivity contribution >= 4 is 81.8 Å². The molecule has 0 radical (unpaired) electrons. The Morgan fingerprint density at radius 3 is 1.37 bits per heavy atom. The summed E-state index contributed by atoms with van der Waals surface area (Å²) in [6.45, 7) is 2.92. The number of rotatable bonds is 35. The highest BCUT2D eigenvalue weighted by Crippen LogP contribution is 2.21. The van der Waals surface area contributed by atoms with Crippen molar-refractivity contribution in [3.8, 4) is 11.5 Å². The maximum atomic E-state index is 14.9. The predicted molar refractivity (Wildman–Crippen MR) is 340 cm³/mol. The van der Waals surface area contributed by atoms with E-state index in [1.54, 1.807) is 67.0 Å². The zero-order valence-corrected chi connectivity index (χ0v) is 52.1. The number of thioether (sulfide) groups is 1. The zero-order valence-electron chi connectivity index (χ0n) is 51.3. The first kappa shape index (κ1) is 72.2. The standard InChI is InChI=1S/C63H79N13O16S/c1-33(77)52(74-58(86)46(68-51(82)29-64)25-37-14-18-41(80)19-15-37)60(88)72-48(24-36-10-6-5-7-11-36)59(87)75-54(35(3)79)62(90)76-53(34(2)78)61(89)71-47(26-38-16-20-42(81)21-17-38)56(84)70-49(27-39-30-66-44-13-9-8-12-43(39)44)57(85)69-45(22-23-93-4)55(83)73-50(63(91)92)28-40-31-65-32-67-40/h5-21,30-35,45-50,52-54,66,77-81H,22-29,64H2,1-4H3,(H,65,67)(H,68,82)(H,69,85)(H,70,84)(H,71,89)(H,72,88)(H,73,83)(H,74,86)(H,75,87)(H,76,90)(H,91,92)/t33-,34-,35-,45+,46+,47+,48+,49+,50+,52+,53+,54+/m1/s1. The molecule has 0 aliphatic carbocycles. The number of aromatic amines is 2. The van der Waals surface area contributed by atoms with Crippen LogP contribution in [-0.2, 0) is 80.0 Å². The van der Waals surface area contributed by atoms with Gasteiger partial charge in [-0.2, -0.15) is 11.8 Å². The summed E-state index contributed by atoms with van der Waals surface area (Å²) in [5, 5.41) is 86.3. The second-order valence-corrected chi connectivity index (χ2v) is 23.2. The third-order valence-electron chi connectivity index (χ3n) is 14.9. The predicted octanol–water partition coefficient (Wildman–Crippen LogP) is -1.88. The molecule has 498 valence electrons. The number of amides is 9. The lowest BCUT2D eigenvalue weighted by atomic mass is 10.0. The topological polar surface area (TPSA) is 471 Å². The van der Waals surface area contributed by atoms with E-state index in [2.05, 4.69) is 62.8 Å². The van der Waals surface area contributed by atoms with Crippen LogP contribution in [0.15, 0.2) is 122 Å². The first-order valence-corrected chi connectivity index (χ1v) is 31.0. The average Bonchev–Trinajstić information content (AvgIpc) is 1.84. The summed E-state index contributed by atoms with van der Waals surface area (Å²) >= 11 is 1.35. The number of aliphatic hydroxyl groups is 3. The van der Waals surface area contributed by atoms with E-state index in [0.29, 0.717) is 44.6 Å². The van der Waals surface area contributed by atoms with E-state index >= 15 is 0 Å². The number of fused-ring (bicyclic) bond motifs is 1. The lowest BCUT2D eigenvalue weighted by Gasteiger charge is -2.30. The Hall–Kier alpha value is -9.88. The lowest BCUT2D eigenvalue weighted by molar-refractivity contribution is -0.142. The van der Waals surface area contributed by atoms with Gasteiger partial charge in [-0.15, -0.1) is 0 Å². The van der Waals surface area contributed by atoms with Gasteiger partial charge in [-0.05, 0) is 91.8 Å².